The van der Waals surface area contributed by atoms with Crippen LogP contribution in [0.2, 0.25) is 5.02 Å². The van der Waals surface area contributed by atoms with Crippen LogP contribution in [0.5, 0.6) is 0 Å². The first kappa shape index (κ1) is 25.2. The second-order valence-corrected chi connectivity index (χ2v) is 9.05. The number of anilines is 1. The Hall–Kier alpha value is -3.88. The van der Waals surface area contributed by atoms with Crippen LogP contribution in [0.1, 0.15) is 27.0 Å². The largest absolute Gasteiger partial charge is 0.349 e. The molecule has 1 unspecified atom stereocenters. The highest BCUT2D eigenvalue weighted by molar-refractivity contribution is 6.30. The number of carbonyl (C=O) groups is 3. The number of halogens is 1. The summed E-state index contributed by atoms with van der Waals surface area (Å²) in [7, 11) is 0. The van der Waals surface area contributed by atoms with Crippen LogP contribution < -0.4 is 16.4 Å². The zero-order valence-corrected chi connectivity index (χ0v) is 20.7. The van der Waals surface area contributed by atoms with Crippen LogP contribution in [0, 0.1) is 6.92 Å². The molecule has 36 heavy (non-hydrogen) atoms. The highest BCUT2D eigenvalue weighted by Gasteiger charge is 2.43. The van der Waals surface area contributed by atoms with E-state index in [1.165, 1.54) is 9.80 Å². The van der Waals surface area contributed by atoms with Gasteiger partial charge in [0.1, 0.15) is 0 Å². The number of hydrogen-bond acceptors (Lipinski definition) is 4. The molecule has 1 heterocycles. The van der Waals surface area contributed by atoms with Crippen molar-refractivity contribution in [2.24, 2.45) is 5.73 Å². The Bertz CT molecular complexity index is 1260. The molecule has 8 nitrogen and oxygen atoms in total. The summed E-state index contributed by atoms with van der Waals surface area (Å²) in [5.41, 5.74) is 9.50. The number of nitrogens with zero attached hydrogens (tertiary/aromatic N) is 2. The van der Waals surface area contributed by atoms with E-state index in [9.17, 15) is 14.4 Å². The summed E-state index contributed by atoms with van der Waals surface area (Å²) in [6.45, 7) is 2.98. The van der Waals surface area contributed by atoms with Gasteiger partial charge in [0.2, 0.25) is 0 Å². The molecule has 1 atom stereocenters. The number of amides is 4. The summed E-state index contributed by atoms with van der Waals surface area (Å²) in [6, 6.07) is 20.9. The van der Waals surface area contributed by atoms with Crippen molar-refractivity contribution in [3.63, 3.8) is 0 Å². The zero-order chi connectivity index (χ0) is 25.7. The average Bonchev–Trinajstić information content (AvgIpc) is 3.33. The molecule has 0 spiro atoms. The average molecular weight is 506 g/mol. The summed E-state index contributed by atoms with van der Waals surface area (Å²) in [6.07, 6.45) is -1.12. The van der Waals surface area contributed by atoms with Gasteiger partial charge in [0.05, 0.1) is 0 Å². The number of carbonyl (C=O) groups excluding carboxylic acids is 3. The van der Waals surface area contributed by atoms with E-state index < -0.39 is 18.1 Å². The number of aryl methyl sites for hydroxylation is 1. The molecule has 4 amide bonds. The Morgan fingerprint density at radius 3 is 2.36 bits per heavy atom. The van der Waals surface area contributed by atoms with E-state index in [1.54, 1.807) is 36.4 Å². The Labute approximate surface area is 215 Å². The van der Waals surface area contributed by atoms with Gasteiger partial charge in [-0.3, -0.25) is 14.5 Å². The summed E-state index contributed by atoms with van der Waals surface area (Å²) >= 11 is 6.04. The summed E-state index contributed by atoms with van der Waals surface area (Å²) in [5, 5.41) is 6.13. The van der Waals surface area contributed by atoms with Crippen molar-refractivity contribution in [3.8, 4) is 0 Å². The molecule has 0 aromatic heterocycles. The van der Waals surface area contributed by atoms with E-state index in [4.69, 9.17) is 17.3 Å². The Morgan fingerprint density at radius 1 is 0.944 bits per heavy atom. The van der Waals surface area contributed by atoms with Crippen LogP contribution in [-0.4, -0.2) is 46.9 Å². The molecular formula is C27H28ClN5O3. The molecule has 3 aromatic carbocycles. The lowest BCUT2D eigenvalue weighted by Gasteiger charge is -2.29. The number of hydrogen-bond donors (Lipinski definition) is 3. The molecule has 1 aliphatic heterocycles. The highest BCUT2D eigenvalue weighted by Crippen LogP contribution is 2.22. The monoisotopic (exact) mass is 505 g/mol. The first-order valence-corrected chi connectivity index (χ1v) is 12.0. The molecule has 1 saturated heterocycles. The van der Waals surface area contributed by atoms with Gasteiger partial charge in [-0.1, -0.05) is 59.6 Å². The quantitative estimate of drug-likeness (QED) is 0.474. The second-order valence-electron chi connectivity index (χ2n) is 8.61. The number of nitrogens with two attached hydrogens (primary N) is 1. The minimum atomic E-state index is -1.12. The van der Waals surface area contributed by atoms with Gasteiger partial charge in [-0.15, -0.1) is 0 Å². The Kier molecular flexibility index (Phi) is 7.87. The molecule has 0 saturated carbocycles. The summed E-state index contributed by atoms with van der Waals surface area (Å²) < 4.78 is 0. The Balaban J connectivity index is 1.56. The van der Waals surface area contributed by atoms with Crippen LogP contribution in [-0.2, 0) is 17.9 Å². The molecular weight excluding hydrogens is 478 g/mol. The number of rotatable bonds is 6. The lowest BCUT2D eigenvalue weighted by molar-refractivity contribution is -0.128. The molecule has 1 aliphatic rings. The molecule has 0 bridgehead atoms. The van der Waals surface area contributed by atoms with E-state index in [1.807, 2.05) is 43.3 Å². The zero-order valence-electron chi connectivity index (χ0n) is 19.9. The van der Waals surface area contributed by atoms with Gasteiger partial charge in [-0.25, -0.2) is 4.79 Å². The van der Waals surface area contributed by atoms with Gasteiger partial charge in [0.25, 0.3) is 11.8 Å². The van der Waals surface area contributed by atoms with Crippen LogP contribution >= 0.6 is 11.6 Å². The van der Waals surface area contributed by atoms with E-state index in [-0.39, 0.29) is 25.5 Å². The first-order chi connectivity index (χ1) is 17.4. The van der Waals surface area contributed by atoms with Crippen molar-refractivity contribution in [1.82, 2.24) is 15.1 Å². The fourth-order valence-corrected chi connectivity index (χ4v) is 4.30. The van der Waals surface area contributed by atoms with Crippen molar-refractivity contribution in [2.45, 2.75) is 26.2 Å². The molecule has 186 valence electrons. The predicted octanol–water partition coefficient (Wildman–Crippen LogP) is 3.74. The van der Waals surface area contributed by atoms with Crippen molar-refractivity contribution in [2.75, 3.05) is 18.4 Å². The molecule has 1 fully saturated rings. The van der Waals surface area contributed by atoms with Gasteiger partial charge < -0.3 is 21.3 Å². The second kappa shape index (κ2) is 11.2. The van der Waals surface area contributed by atoms with Gasteiger partial charge in [0.15, 0.2) is 6.17 Å². The van der Waals surface area contributed by atoms with Crippen molar-refractivity contribution in [1.29, 1.82) is 0 Å². The van der Waals surface area contributed by atoms with Crippen LogP contribution in [0.3, 0.4) is 0 Å². The molecule has 4 N–H and O–H groups in total. The fraction of sp³-hybridized carbons (Fsp3) is 0.222. The molecule has 9 heteroatoms. The van der Waals surface area contributed by atoms with E-state index in [0.717, 1.165) is 16.7 Å². The van der Waals surface area contributed by atoms with E-state index in [0.29, 0.717) is 22.8 Å². The normalized spacial score (nSPS) is 15.0. The van der Waals surface area contributed by atoms with Gasteiger partial charge in [0, 0.05) is 42.5 Å². The lowest BCUT2D eigenvalue weighted by atomic mass is 10.1. The first-order valence-electron chi connectivity index (χ1n) is 11.6. The molecule has 0 radical (unpaired) electrons. The van der Waals surface area contributed by atoms with Crippen molar-refractivity contribution >= 4 is 35.1 Å². The standard InChI is InChI=1S/C27H28ClN5O3/c1-18-8-10-21(11-9-18)26(35)32-12-13-33(27(36)31-23-7-3-6-22(28)15-23)25(32)24(34)30-17-20-5-2-4-19(14-20)16-29/h2-11,14-15,25H,12-13,16-17,29H2,1H3,(H,30,34)(H,31,36). The lowest BCUT2D eigenvalue weighted by Crippen LogP contribution is -2.54. The summed E-state index contributed by atoms with van der Waals surface area (Å²) in [5.74, 6) is -0.773. The van der Waals surface area contributed by atoms with E-state index >= 15 is 0 Å². The van der Waals surface area contributed by atoms with Crippen LogP contribution in [0.4, 0.5) is 10.5 Å². The maximum atomic E-state index is 13.4. The Morgan fingerprint density at radius 2 is 1.64 bits per heavy atom. The maximum Gasteiger partial charge on any atom is 0.323 e. The van der Waals surface area contributed by atoms with Gasteiger partial charge in [-0.2, -0.15) is 0 Å². The van der Waals surface area contributed by atoms with Gasteiger partial charge in [-0.05, 0) is 48.4 Å². The molecule has 4 rings (SSSR count). The van der Waals surface area contributed by atoms with Crippen molar-refractivity contribution in [3.05, 3.63) is 100 Å². The molecule has 3 aromatic rings. The fourth-order valence-electron chi connectivity index (χ4n) is 4.11. The third kappa shape index (κ3) is 5.84. The van der Waals surface area contributed by atoms with E-state index in [2.05, 4.69) is 10.6 Å². The minimum Gasteiger partial charge on any atom is -0.349 e. The third-order valence-electron chi connectivity index (χ3n) is 6.00. The summed E-state index contributed by atoms with van der Waals surface area (Å²) in [4.78, 5) is 42.8. The topological polar surface area (TPSA) is 108 Å². The van der Waals surface area contributed by atoms with Crippen LogP contribution in [0.15, 0.2) is 72.8 Å². The van der Waals surface area contributed by atoms with Crippen molar-refractivity contribution < 1.29 is 14.4 Å². The molecule has 0 aliphatic carbocycles. The van der Waals surface area contributed by atoms with Crippen LogP contribution in [0.25, 0.3) is 0 Å². The highest BCUT2D eigenvalue weighted by atomic mass is 35.5. The SMILES string of the molecule is Cc1ccc(C(=O)N2CCN(C(=O)Nc3cccc(Cl)c3)C2C(=O)NCc2cccc(CN)c2)cc1. The maximum absolute atomic E-state index is 13.4. The third-order valence-corrected chi connectivity index (χ3v) is 6.23. The predicted molar refractivity (Wildman–Crippen MR) is 139 cm³/mol. The number of nitrogens with one attached hydrogen (secondary N) is 2. The number of benzene rings is 3. The minimum absolute atomic E-state index is 0.199. The number of urea groups is 1. The smallest absolute Gasteiger partial charge is 0.323 e. The van der Waals surface area contributed by atoms with Gasteiger partial charge >= 0.3 is 6.03 Å².